The molecule has 7 heteroatoms. The van der Waals surface area contributed by atoms with Crippen LogP contribution in [0.3, 0.4) is 0 Å². The van der Waals surface area contributed by atoms with E-state index < -0.39 is 0 Å². The van der Waals surface area contributed by atoms with Crippen molar-refractivity contribution in [3.63, 3.8) is 0 Å². The SMILES string of the molecule is COc1cccc2cc(-c3nnc(NC(=O)C4CCCC4)o3)oc12. The number of fused-ring (bicyclic) bond motifs is 1. The zero-order valence-electron chi connectivity index (χ0n) is 13.2. The Balaban J connectivity index is 1.57. The second kappa shape index (κ2) is 5.99. The fraction of sp³-hybridized carbons (Fsp3) is 0.353. The summed E-state index contributed by atoms with van der Waals surface area (Å²) in [5, 5.41) is 11.4. The number of benzene rings is 1. The minimum absolute atomic E-state index is 0.0378. The van der Waals surface area contributed by atoms with Gasteiger partial charge in [-0.05, 0) is 25.0 Å². The molecule has 0 bridgehead atoms. The predicted octanol–water partition coefficient (Wildman–Crippen LogP) is 3.62. The van der Waals surface area contributed by atoms with Crippen molar-refractivity contribution in [3.05, 3.63) is 24.3 Å². The minimum atomic E-state index is -0.0611. The standard InChI is InChI=1S/C17H17N3O4/c1-22-12-8-4-7-11-9-13(23-14(11)12)16-19-20-17(24-16)18-15(21)10-5-2-3-6-10/h4,7-10H,2-3,5-6H2,1H3,(H,18,20,21). The molecule has 3 aromatic rings. The van der Waals surface area contributed by atoms with Crippen LogP contribution in [0.1, 0.15) is 25.7 Å². The van der Waals surface area contributed by atoms with E-state index in [9.17, 15) is 4.79 Å². The summed E-state index contributed by atoms with van der Waals surface area (Å²) in [6.07, 6.45) is 4.01. The van der Waals surface area contributed by atoms with E-state index in [0.29, 0.717) is 17.1 Å². The third-order valence-electron chi connectivity index (χ3n) is 4.32. The molecule has 0 spiro atoms. The Kier molecular flexibility index (Phi) is 3.68. The molecular formula is C17H17N3O4. The molecular weight excluding hydrogens is 310 g/mol. The Morgan fingerprint density at radius 1 is 1.25 bits per heavy atom. The highest BCUT2D eigenvalue weighted by Gasteiger charge is 2.24. The molecule has 2 aromatic heterocycles. The number of nitrogens with zero attached hydrogens (tertiary/aromatic N) is 2. The Hall–Kier alpha value is -2.83. The van der Waals surface area contributed by atoms with Crippen LogP contribution in [0, 0.1) is 5.92 Å². The van der Waals surface area contributed by atoms with Gasteiger partial charge in [0.25, 0.3) is 5.89 Å². The summed E-state index contributed by atoms with van der Waals surface area (Å²) in [6.45, 7) is 0. The van der Waals surface area contributed by atoms with Gasteiger partial charge in [-0.3, -0.25) is 10.1 Å². The first-order valence-electron chi connectivity index (χ1n) is 7.96. The van der Waals surface area contributed by atoms with E-state index in [1.807, 2.05) is 18.2 Å². The van der Waals surface area contributed by atoms with Crippen LogP contribution in [0.2, 0.25) is 0 Å². The number of anilines is 1. The smallest absolute Gasteiger partial charge is 0.322 e. The third-order valence-corrected chi connectivity index (χ3v) is 4.32. The van der Waals surface area contributed by atoms with Gasteiger partial charge in [-0.1, -0.05) is 30.1 Å². The molecule has 1 N–H and O–H groups in total. The summed E-state index contributed by atoms with van der Waals surface area (Å²) in [4.78, 5) is 12.1. The van der Waals surface area contributed by atoms with Crippen LogP contribution in [0.4, 0.5) is 6.01 Å². The van der Waals surface area contributed by atoms with E-state index >= 15 is 0 Å². The van der Waals surface area contributed by atoms with Crippen molar-refractivity contribution in [2.45, 2.75) is 25.7 Å². The summed E-state index contributed by atoms with van der Waals surface area (Å²) in [5.74, 6) is 1.26. The largest absolute Gasteiger partial charge is 0.493 e. The lowest BCUT2D eigenvalue weighted by Gasteiger charge is -2.05. The van der Waals surface area contributed by atoms with Crippen LogP contribution in [0.15, 0.2) is 33.1 Å². The maximum atomic E-state index is 12.1. The number of hydrogen-bond acceptors (Lipinski definition) is 6. The summed E-state index contributed by atoms with van der Waals surface area (Å²) >= 11 is 0. The number of para-hydroxylation sites is 1. The molecule has 0 atom stereocenters. The van der Waals surface area contributed by atoms with Crippen LogP contribution in [0.5, 0.6) is 5.75 Å². The van der Waals surface area contributed by atoms with Crippen LogP contribution in [0.25, 0.3) is 22.6 Å². The number of nitrogens with one attached hydrogen (secondary N) is 1. The maximum absolute atomic E-state index is 12.1. The number of amides is 1. The lowest BCUT2D eigenvalue weighted by molar-refractivity contribution is -0.119. The van der Waals surface area contributed by atoms with Gasteiger partial charge in [-0.25, -0.2) is 0 Å². The lowest BCUT2D eigenvalue weighted by Crippen LogP contribution is -2.20. The molecule has 1 fully saturated rings. The Labute approximate surface area is 138 Å². The molecule has 4 rings (SSSR count). The number of methoxy groups -OCH3 is 1. The number of carbonyl (C=O) groups excluding carboxylic acids is 1. The van der Waals surface area contributed by atoms with Gasteiger partial charge in [0.2, 0.25) is 5.91 Å². The second-order valence-corrected chi connectivity index (χ2v) is 5.87. The van der Waals surface area contributed by atoms with Crippen LogP contribution >= 0.6 is 0 Å². The van der Waals surface area contributed by atoms with E-state index in [4.69, 9.17) is 13.6 Å². The first-order chi connectivity index (χ1) is 11.7. The Morgan fingerprint density at radius 3 is 2.88 bits per heavy atom. The highest BCUT2D eigenvalue weighted by atomic mass is 16.5. The Morgan fingerprint density at radius 2 is 2.08 bits per heavy atom. The van der Waals surface area contributed by atoms with Crippen molar-refractivity contribution in [2.24, 2.45) is 5.92 Å². The third kappa shape index (κ3) is 2.62. The average molecular weight is 327 g/mol. The number of carbonyl (C=O) groups is 1. The van der Waals surface area contributed by atoms with Gasteiger partial charge in [0.05, 0.1) is 7.11 Å². The van der Waals surface area contributed by atoms with Crippen LogP contribution in [-0.2, 0) is 4.79 Å². The summed E-state index contributed by atoms with van der Waals surface area (Å²) < 4.78 is 16.5. The first kappa shape index (κ1) is 14.7. The van der Waals surface area contributed by atoms with E-state index in [2.05, 4.69) is 15.5 Å². The molecule has 0 aliphatic heterocycles. The van der Waals surface area contributed by atoms with E-state index in [0.717, 1.165) is 31.1 Å². The van der Waals surface area contributed by atoms with E-state index in [-0.39, 0.29) is 23.7 Å². The van der Waals surface area contributed by atoms with Crippen molar-refractivity contribution in [3.8, 4) is 17.4 Å². The highest BCUT2D eigenvalue weighted by Crippen LogP contribution is 2.33. The van der Waals surface area contributed by atoms with Gasteiger partial charge in [0.1, 0.15) is 0 Å². The molecule has 1 aromatic carbocycles. The number of aromatic nitrogens is 2. The van der Waals surface area contributed by atoms with Crippen molar-refractivity contribution < 1.29 is 18.4 Å². The van der Waals surface area contributed by atoms with Gasteiger partial charge < -0.3 is 13.6 Å². The van der Waals surface area contributed by atoms with Crippen molar-refractivity contribution >= 4 is 22.9 Å². The normalized spacial score (nSPS) is 15.0. The van der Waals surface area contributed by atoms with E-state index in [1.165, 1.54) is 0 Å². The van der Waals surface area contributed by atoms with E-state index in [1.54, 1.807) is 13.2 Å². The summed E-state index contributed by atoms with van der Waals surface area (Å²) in [5.41, 5.74) is 0.616. The zero-order valence-corrected chi connectivity index (χ0v) is 13.2. The van der Waals surface area contributed by atoms with Gasteiger partial charge in [0.15, 0.2) is 17.1 Å². The van der Waals surface area contributed by atoms with Gasteiger partial charge in [0, 0.05) is 11.3 Å². The molecule has 1 aliphatic rings. The molecule has 2 heterocycles. The number of furan rings is 1. The number of ether oxygens (including phenoxy) is 1. The van der Waals surface area contributed by atoms with Crippen molar-refractivity contribution in [1.82, 2.24) is 10.2 Å². The molecule has 0 unspecified atom stereocenters. The van der Waals surface area contributed by atoms with Crippen molar-refractivity contribution in [1.29, 1.82) is 0 Å². The monoisotopic (exact) mass is 327 g/mol. The van der Waals surface area contributed by atoms with Crippen LogP contribution < -0.4 is 10.1 Å². The topological polar surface area (TPSA) is 90.4 Å². The van der Waals surface area contributed by atoms with Gasteiger partial charge in [-0.2, -0.15) is 0 Å². The molecule has 0 saturated heterocycles. The highest BCUT2D eigenvalue weighted by molar-refractivity contribution is 5.91. The number of rotatable bonds is 4. The molecule has 0 radical (unpaired) electrons. The minimum Gasteiger partial charge on any atom is -0.493 e. The van der Waals surface area contributed by atoms with Gasteiger partial charge in [-0.15, -0.1) is 5.10 Å². The zero-order chi connectivity index (χ0) is 16.5. The van der Waals surface area contributed by atoms with Gasteiger partial charge >= 0.3 is 6.01 Å². The molecule has 1 saturated carbocycles. The maximum Gasteiger partial charge on any atom is 0.322 e. The molecule has 1 amide bonds. The Bertz CT molecular complexity index is 877. The van der Waals surface area contributed by atoms with Crippen LogP contribution in [-0.4, -0.2) is 23.2 Å². The second-order valence-electron chi connectivity index (χ2n) is 5.87. The number of hydrogen-bond donors (Lipinski definition) is 1. The quantitative estimate of drug-likeness (QED) is 0.787. The molecule has 7 nitrogen and oxygen atoms in total. The molecule has 1 aliphatic carbocycles. The predicted molar refractivity (Wildman–Crippen MR) is 86.6 cm³/mol. The van der Waals surface area contributed by atoms with Crippen molar-refractivity contribution in [2.75, 3.05) is 12.4 Å². The summed E-state index contributed by atoms with van der Waals surface area (Å²) in [7, 11) is 1.58. The lowest BCUT2D eigenvalue weighted by atomic mass is 10.1. The average Bonchev–Trinajstić information content (AvgIpc) is 3.33. The summed E-state index contributed by atoms with van der Waals surface area (Å²) in [6, 6.07) is 7.49. The fourth-order valence-corrected chi connectivity index (χ4v) is 3.07. The first-order valence-corrected chi connectivity index (χ1v) is 7.96. The molecule has 124 valence electrons. The fourth-order valence-electron chi connectivity index (χ4n) is 3.07. The molecule has 24 heavy (non-hydrogen) atoms.